The topological polar surface area (TPSA) is 92.4 Å². The molecule has 2 aromatic rings. The lowest BCUT2D eigenvalue weighted by atomic mass is 10.1. The van der Waals surface area contributed by atoms with E-state index in [-0.39, 0.29) is 5.95 Å². The van der Waals surface area contributed by atoms with Gasteiger partial charge >= 0.3 is 0 Å². The van der Waals surface area contributed by atoms with Gasteiger partial charge in [-0.3, -0.25) is 0 Å². The molecular formula is C12H14N4O3. The first-order valence-electron chi connectivity index (χ1n) is 5.45. The number of nitrogens with zero attached hydrogens (tertiary/aromatic N) is 3. The summed E-state index contributed by atoms with van der Waals surface area (Å²) in [5.74, 6) is 1.80. The first kappa shape index (κ1) is 12.9. The first-order chi connectivity index (χ1) is 9.19. The Morgan fingerprint density at radius 2 is 1.63 bits per heavy atom. The molecular weight excluding hydrogens is 248 g/mol. The van der Waals surface area contributed by atoms with Crippen molar-refractivity contribution in [1.29, 1.82) is 0 Å². The average Bonchev–Trinajstić information content (AvgIpc) is 2.45. The van der Waals surface area contributed by atoms with Crippen molar-refractivity contribution in [3.05, 3.63) is 18.3 Å². The zero-order valence-electron chi connectivity index (χ0n) is 10.9. The van der Waals surface area contributed by atoms with Gasteiger partial charge in [0.05, 0.1) is 33.1 Å². The second-order valence-electron chi connectivity index (χ2n) is 3.61. The van der Waals surface area contributed by atoms with Crippen LogP contribution >= 0.6 is 0 Å². The van der Waals surface area contributed by atoms with Crippen LogP contribution in [0.3, 0.4) is 0 Å². The summed E-state index contributed by atoms with van der Waals surface area (Å²) in [6.07, 6.45) is 1.49. The molecule has 7 nitrogen and oxygen atoms in total. The minimum absolute atomic E-state index is 0.0809. The number of ether oxygens (including phenoxy) is 3. The molecule has 0 atom stereocenters. The van der Waals surface area contributed by atoms with Crippen molar-refractivity contribution in [3.8, 4) is 28.5 Å². The maximum atomic E-state index is 5.54. The van der Waals surface area contributed by atoms with Gasteiger partial charge in [0.1, 0.15) is 22.9 Å². The maximum absolute atomic E-state index is 5.54. The largest absolute Gasteiger partial charge is 0.496 e. The lowest BCUT2D eigenvalue weighted by molar-refractivity contribution is 0.377. The molecule has 1 aromatic carbocycles. The van der Waals surface area contributed by atoms with E-state index in [0.717, 1.165) is 0 Å². The molecule has 0 aliphatic heterocycles. The summed E-state index contributed by atoms with van der Waals surface area (Å²) >= 11 is 0. The van der Waals surface area contributed by atoms with E-state index in [9.17, 15) is 0 Å². The van der Waals surface area contributed by atoms with Gasteiger partial charge in [-0.25, -0.2) is 4.98 Å². The predicted molar refractivity (Wildman–Crippen MR) is 69.3 cm³/mol. The maximum Gasteiger partial charge on any atom is 0.240 e. The van der Waals surface area contributed by atoms with Gasteiger partial charge in [0.15, 0.2) is 0 Å². The highest BCUT2D eigenvalue weighted by Gasteiger charge is 2.17. The Labute approximate surface area is 110 Å². The summed E-state index contributed by atoms with van der Waals surface area (Å²) in [5, 5.41) is 7.39. The van der Waals surface area contributed by atoms with E-state index in [1.807, 2.05) is 0 Å². The molecule has 0 aliphatic carbocycles. The standard InChI is InChI=1S/C12H14N4O3/c1-17-7-4-9(18-2)11(10(5-7)19-3)8-6-14-16-12(13)15-8/h4-6H,1-3H3,(H2,13,15,16). The Morgan fingerprint density at radius 3 is 2.11 bits per heavy atom. The fourth-order valence-electron chi connectivity index (χ4n) is 1.70. The number of hydrogen-bond donors (Lipinski definition) is 1. The molecule has 0 aliphatic rings. The third-order valence-electron chi connectivity index (χ3n) is 2.55. The molecule has 19 heavy (non-hydrogen) atoms. The normalized spacial score (nSPS) is 10.1. The molecule has 2 rings (SSSR count). The fraction of sp³-hybridized carbons (Fsp3) is 0.250. The molecule has 1 aromatic heterocycles. The SMILES string of the molecule is COc1cc(OC)c(-c2cnnc(N)n2)c(OC)c1. The summed E-state index contributed by atoms with van der Waals surface area (Å²) in [6.45, 7) is 0. The van der Waals surface area contributed by atoms with Gasteiger partial charge in [-0.2, -0.15) is 5.10 Å². The summed E-state index contributed by atoms with van der Waals surface area (Å²) in [6, 6.07) is 3.46. The Bertz CT molecular complexity index is 564. The van der Waals surface area contributed by atoms with E-state index < -0.39 is 0 Å². The molecule has 0 spiro atoms. The van der Waals surface area contributed by atoms with Crippen LogP contribution in [0.25, 0.3) is 11.3 Å². The number of anilines is 1. The third-order valence-corrected chi connectivity index (χ3v) is 2.55. The van der Waals surface area contributed by atoms with Gasteiger partial charge in [-0.15, -0.1) is 5.10 Å². The highest BCUT2D eigenvalue weighted by molar-refractivity contribution is 5.75. The molecule has 0 saturated carbocycles. The molecule has 2 N–H and O–H groups in total. The summed E-state index contributed by atoms with van der Waals surface area (Å²) < 4.78 is 15.9. The minimum atomic E-state index is 0.0809. The Morgan fingerprint density at radius 1 is 1.00 bits per heavy atom. The average molecular weight is 262 g/mol. The van der Waals surface area contributed by atoms with Crippen molar-refractivity contribution in [2.45, 2.75) is 0 Å². The Hall–Kier alpha value is -2.57. The molecule has 0 amide bonds. The van der Waals surface area contributed by atoms with Crippen LogP contribution in [0, 0.1) is 0 Å². The van der Waals surface area contributed by atoms with Crippen molar-refractivity contribution in [3.63, 3.8) is 0 Å². The lowest BCUT2D eigenvalue weighted by Gasteiger charge is -2.14. The monoisotopic (exact) mass is 262 g/mol. The van der Waals surface area contributed by atoms with Crippen LogP contribution in [-0.4, -0.2) is 36.5 Å². The van der Waals surface area contributed by atoms with Crippen molar-refractivity contribution in [2.75, 3.05) is 27.1 Å². The second kappa shape index (κ2) is 5.38. The molecule has 100 valence electrons. The smallest absolute Gasteiger partial charge is 0.240 e. The lowest BCUT2D eigenvalue weighted by Crippen LogP contribution is -2.01. The quantitative estimate of drug-likeness (QED) is 0.883. The molecule has 7 heteroatoms. The fourth-order valence-corrected chi connectivity index (χ4v) is 1.70. The number of benzene rings is 1. The summed E-state index contributed by atoms with van der Waals surface area (Å²) in [5.41, 5.74) is 6.71. The van der Waals surface area contributed by atoms with Crippen LogP contribution in [0.2, 0.25) is 0 Å². The van der Waals surface area contributed by atoms with Gasteiger partial charge in [0.2, 0.25) is 5.95 Å². The van der Waals surface area contributed by atoms with Gasteiger partial charge in [0.25, 0.3) is 0 Å². The van der Waals surface area contributed by atoms with Crippen LogP contribution in [0.4, 0.5) is 5.95 Å². The second-order valence-corrected chi connectivity index (χ2v) is 3.61. The third kappa shape index (κ3) is 2.49. The van der Waals surface area contributed by atoms with E-state index >= 15 is 0 Å². The van der Waals surface area contributed by atoms with Crippen molar-refractivity contribution in [1.82, 2.24) is 15.2 Å². The zero-order chi connectivity index (χ0) is 13.8. The highest BCUT2D eigenvalue weighted by Crippen LogP contribution is 2.40. The van der Waals surface area contributed by atoms with Crippen LogP contribution in [0.5, 0.6) is 17.2 Å². The van der Waals surface area contributed by atoms with E-state index in [1.165, 1.54) is 6.20 Å². The van der Waals surface area contributed by atoms with Gasteiger partial charge < -0.3 is 19.9 Å². The van der Waals surface area contributed by atoms with Gasteiger partial charge in [-0.1, -0.05) is 0 Å². The summed E-state index contributed by atoms with van der Waals surface area (Å²) in [7, 11) is 4.67. The van der Waals surface area contributed by atoms with Crippen molar-refractivity contribution < 1.29 is 14.2 Å². The molecule has 1 heterocycles. The van der Waals surface area contributed by atoms with Gasteiger partial charge in [0, 0.05) is 12.1 Å². The van der Waals surface area contributed by atoms with Gasteiger partial charge in [-0.05, 0) is 0 Å². The highest BCUT2D eigenvalue weighted by atomic mass is 16.5. The molecule has 0 radical (unpaired) electrons. The van der Waals surface area contributed by atoms with Crippen molar-refractivity contribution in [2.24, 2.45) is 0 Å². The zero-order valence-corrected chi connectivity index (χ0v) is 10.9. The summed E-state index contributed by atoms with van der Waals surface area (Å²) in [4.78, 5) is 4.12. The van der Waals surface area contributed by atoms with Crippen LogP contribution in [-0.2, 0) is 0 Å². The Kier molecular flexibility index (Phi) is 3.65. The van der Waals surface area contributed by atoms with E-state index in [4.69, 9.17) is 19.9 Å². The Balaban J connectivity index is 2.66. The van der Waals surface area contributed by atoms with Crippen LogP contribution in [0.15, 0.2) is 18.3 Å². The molecule has 0 bridgehead atoms. The number of nitrogen functional groups attached to an aromatic ring is 1. The minimum Gasteiger partial charge on any atom is -0.496 e. The first-order valence-corrected chi connectivity index (χ1v) is 5.45. The molecule has 0 saturated heterocycles. The number of nitrogens with two attached hydrogens (primary N) is 1. The molecule has 0 fully saturated rings. The van der Waals surface area contributed by atoms with Crippen LogP contribution < -0.4 is 19.9 Å². The van der Waals surface area contributed by atoms with E-state index in [1.54, 1.807) is 33.5 Å². The number of aromatic nitrogens is 3. The van der Waals surface area contributed by atoms with E-state index in [0.29, 0.717) is 28.5 Å². The van der Waals surface area contributed by atoms with E-state index in [2.05, 4.69) is 15.2 Å². The number of methoxy groups -OCH3 is 3. The number of hydrogen-bond acceptors (Lipinski definition) is 7. The number of rotatable bonds is 4. The molecule has 0 unspecified atom stereocenters. The van der Waals surface area contributed by atoms with Crippen LogP contribution in [0.1, 0.15) is 0 Å². The van der Waals surface area contributed by atoms with Crippen molar-refractivity contribution >= 4 is 5.95 Å². The predicted octanol–water partition coefficient (Wildman–Crippen LogP) is 1.15.